The van der Waals surface area contributed by atoms with Gasteiger partial charge in [-0.3, -0.25) is 4.90 Å². The van der Waals surface area contributed by atoms with Gasteiger partial charge in [0.1, 0.15) is 0 Å². The first kappa shape index (κ1) is 19.6. The lowest BCUT2D eigenvalue weighted by molar-refractivity contribution is 0.0697. The first-order valence-corrected chi connectivity index (χ1v) is 9.98. The molecule has 2 fully saturated rings. The number of aromatic carboxylic acids is 1. The van der Waals surface area contributed by atoms with E-state index in [4.69, 9.17) is 5.11 Å². The maximum atomic E-state index is 10.8. The molecule has 0 atom stereocenters. The Morgan fingerprint density at radius 3 is 1.96 bits per heavy atom. The molecular formula is C23H30N2O2. The van der Waals surface area contributed by atoms with Crippen LogP contribution in [-0.4, -0.2) is 41.7 Å². The second kappa shape index (κ2) is 10.2. The Hall–Kier alpha value is -2.17. The molecule has 144 valence electrons. The summed E-state index contributed by atoms with van der Waals surface area (Å²) in [6, 6.07) is 20.1. The van der Waals surface area contributed by atoms with Crippen LogP contribution in [0, 0.1) is 5.92 Å². The third-order valence-corrected chi connectivity index (χ3v) is 5.25. The van der Waals surface area contributed by atoms with Gasteiger partial charge in [-0.2, -0.15) is 0 Å². The van der Waals surface area contributed by atoms with Crippen LogP contribution in [-0.2, 0) is 6.54 Å². The lowest BCUT2D eigenvalue weighted by atomic mass is 9.96. The molecule has 1 saturated heterocycles. The fourth-order valence-electron chi connectivity index (χ4n) is 3.37. The predicted molar refractivity (Wildman–Crippen MR) is 109 cm³/mol. The van der Waals surface area contributed by atoms with Gasteiger partial charge >= 0.3 is 5.97 Å². The molecule has 1 aliphatic carbocycles. The summed E-state index contributed by atoms with van der Waals surface area (Å²) in [5.74, 6) is -0.0261. The molecule has 4 nitrogen and oxygen atoms in total. The van der Waals surface area contributed by atoms with Crippen molar-refractivity contribution in [1.82, 2.24) is 10.2 Å². The van der Waals surface area contributed by atoms with Crippen LogP contribution in [0.1, 0.15) is 41.6 Å². The van der Waals surface area contributed by atoms with Crippen molar-refractivity contribution in [1.29, 1.82) is 0 Å². The van der Waals surface area contributed by atoms with E-state index in [1.54, 1.807) is 12.1 Å². The fourth-order valence-corrected chi connectivity index (χ4v) is 3.37. The predicted octanol–water partition coefficient (Wildman–Crippen LogP) is 4.04. The van der Waals surface area contributed by atoms with Crippen LogP contribution in [0.15, 0.2) is 60.7 Å². The number of carbonyl (C=O) groups is 1. The highest BCUT2D eigenvalue weighted by Crippen LogP contribution is 2.22. The Morgan fingerprint density at radius 1 is 0.926 bits per heavy atom. The molecule has 1 saturated carbocycles. The molecular weight excluding hydrogens is 336 g/mol. The van der Waals surface area contributed by atoms with E-state index in [-0.39, 0.29) is 0 Å². The Kier molecular flexibility index (Phi) is 7.43. The molecule has 0 bridgehead atoms. The van der Waals surface area contributed by atoms with Gasteiger partial charge in [0.05, 0.1) is 5.56 Å². The molecule has 4 heteroatoms. The van der Waals surface area contributed by atoms with Crippen molar-refractivity contribution in [3.8, 4) is 0 Å². The van der Waals surface area contributed by atoms with Crippen molar-refractivity contribution in [2.75, 3.05) is 19.6 Å². The number of nitrogens with zero attached hydrogens (tertiary/aromatic N) is 1. The zero-order valence-electron chi connectivity index (χ0n) is 15.9. The van der Waals surface area contributed by atoms with E-state index in [0.717, 1.165) is 31.6 Å². The van der Waals surface area contributed by atoms with Gasteiger partial charge in [0.15, 0.2) is 0 Å². The van der Waals surface area contributed by atoms with E-state index in [2.05, 4.69) is 10.2 Å². The lowest BCUT2D eigenvalue weighted by Crippen LogP contribution is -2.37. The first-order chi connectivity index (χ1) is 13.2. The van der Waals surface area contributed by atoms with E-state index in [9.17, 15) is 4.79 Å². The van der Waals surface area contributed by atoms with Gasteiger partial charge in [-0.25, -0.2) is 4.79 Å². The van der Waals surface area contributed by atoms with Gasteiger partial charge in [-0.05, 0) is 68.9 Å². The third-order valence-electron chi connectivity index (χ3n) is 5.25. The van der Waals surface area contributed by atoms with Crippen LogP contribution in [0.25, 0.3) is 0 Å². The summed E-state index contributed by atoms with van der Waals surface area (Å²) in [5.41, 5.74) is 1.57. The second-order valence-corrected chi connectivity index (χ2v) is 7.56. The molecule has 0 aromatic heterocycles. The summed E-state index contributed by atoms with van der Waals surface area (Å²) in [6.45, 7) is 4.42. The quantitative estimate of drug-likeness (QED) is 0.810. The van der Waals surface area contributed by atoms with E-state index < -0.39 is 5.97 Å². The minimum absolute atomic E-state index is 0.364. The lowest BCUT2D eigenvalue weighted by Gasteiger charge is -2.32. The van der Waals surface area contributed by atoms with Gasteiger partial charge in [-0.1, -0.05) is 48.5 Å². The smallest absolute Gasteiger partial charge is 0.335 e. The highest BCUT2D eigenvalue weighted by Gasteiger charge is 2.24. The van der Waals surface area contributed by atoms with Gasteiger partial charge in [0, 0.05) is 12.6 Å². The van der Waals surface area contributed by atoms with Crippen molar-refractivity contribution in [2.45, 2.75) is 38.3 Å². The monoisotopic (exact) mass is 366 g/mol. The average molecular weight is 367 g/mol. The summed E-state index contributed by atoms with van der Waals surface area (Å²) in [6.07, 6.45) is 5.27. The minimum atomic E-state index is -0.856. The number of piperidine rings is 1. The van der Waals surface area contributed by atoms with Gasteiger partial charge < -0.3 is 10.4 Å². The van der Waals surface area contributed by atoms with Crippen LogP contribution in [0.2, 0.25) is 0 Å². The van der Waals surface area contributed by atoms with Crippen molar-refractivity contribution >= 4 is 5.97 Å². The Bertz CT molecular complexity index is 649. The Balaban J connectivity index is 0.000000299. The summed E-state index contributed by atoms with van der Waals surface area (Å²) in [4.78, 5) is 13.3. The fraction of sp³-hybridized carbons (Fsp3) is 0.435. The zero-order valence-corrected chi connectivity index (χ0v) is 15.9. The van der Waals surface area contributed by atoms with Crippen LogP contribution in [0.4, 0.5) is 0 Å². The van der Waals surface area contributed by atoms with E-state index in [1.807, 2.05) is 48.5 Å². The third kappa shape index (κ3) is 7.16. The van der Waals surface area contributed by atoms with Crippen LogP contribution in [0.3, 0.4) is 0 Å². The number of hydrogen-bond donors (Lipinski definition) is 2. The molecule has 4 rings (SSSR count). The number of hydrogen-bond acceptors (Lipinski definition) is 3. The Morgan fingerprint density at radius 2 is 1.48 bits per heavy atom. The van der Waals surface area contributed by atoms with Crippen molar-refractivity contribution in [3.05, 3.63) is 71.8 Å². The summed E-state index contributed by atoms with van der Waals surface area (Å²) in [5, 5.41) is 12.5. The molecule has 2 aliphatic rings. The Labute approximate surface area is 162 Å². The maximum Gasteiger partial charge on any atom is 0.335 e. The average Bonchev–Trinajstić information content (AvgIpc) is 3.54. The number of benzene rings is 2. The molecule has 0 spiro atoms. The summed E-state index contributed by atoms with van der Waals surface area (Å²) >= 11 is 0. The first-order valence-electron chi connectivity index (χ1n) is 9.98. The van der Waals surface area contributed by atoms with E-state index in [0.29, 0.717) is 5.56 Å². The largest absolute Gasteiger partial charge is 0.478 e. The molecule has 0 amide bonds. The van der Waals surface area contributed by atoms with E-state index >= 15 is 0 Å². The molecule has 2 N–H and O–H groups in total. The second-order valence-electron chi connectivity index (χ2n) is 7.56. The van der Waals surface area contributed by atoms with Crippen LogP contribution >= 0.6 is 0 Å². The molecule has 1 heterocycles. The molecule has 2 aromatic carbocycles. The summed E-state index contributed by atoms with van der Waals surface area (Å²) < 4.78 is 0. The zero-order chi connectivity index (χ0) is 18.9. The van der Waals surface area contributed by atoms with Crippen LogP contribution < -0.4 is 5.32 Å². The van der Waals surface area contributed by atoms with Crippen molar-refractivity contribution < 1.29 is 9.90 Å². The topological polar surface area (TPSA) is 52.6 Å². The number of rotatable bonds is 6. The van der Waals surface area contributed by atoms with Gasteiger partial charge in [0.2, 0.25) is 0 Å². The maximum absolute atomic E-state index is 10.8. The summed E-state index contributed by atoms with van der Waals surface area (Å²) in [7, 11) is 0. The normalized spacial score (nSPS) is 17.8. The van der Waals surface area contributed by atoms with Gasteiger partial charge in [-0.15, -0.1) is 0 Å². The van der Waals surface area contributed by atoms with Crippen molar-refractivity contribution in [2.24, 2.45) is 5.92 Å². The number of nitrogens with one attached hydrogen (secondary N) is 1. The standard InChI is InChI=1S/C17H24N2O2.C6H6/c20-17(21)15-3-1-14(2-4-15)12-19-9-7-13(8-10-19)11-18-16-5-6-16;1-2-4-6-5-3-1/h1-4,13,16,18H,5-12H2,(H,20,21);1-6H. The highest BCUT2D eigenvalue weighted by molar-refractivity contribution is 5.87. The van der Waals surface area contributed by atoms with Gasteiger partial charge in [0.25, 0.3) is 0 Å². The number of likely N-dealkylation sites (tertiary alicyclic amines) is 1. The SMILES string of the molecule is O=C(O)c1ccc(CN2CCC(CNC3CC3)CC2)cc1.c1ccccc1. The minimum Gasteiger partial charge on any atom is -0.478 e. The molecule has 2 aromatic rings. The van der Waals surface area contributed by atoms with Crippen molar-refractivity contribution in [3.63, 3.8) is 0 Å². The molecule has 1 aliphatic heterocycles. The molecule has 0 radical (unpaired) electrons. The molecule has 0 unspecified atom stereocenters. The molecule has 27 heavy (non-hydrogen) atoms. The highest BCUT2D eigenvalue weighted by atomic mass is 16.4. The number of carboxylic acids is 1. The van der Waals surface area contributed by atoms with E-state index in [1.165, 1.54) is 37.8 Å². The number of carboxylic acid groups (broad SMARTS) is 1. The van der Waals surface area contributed by atoms with Crippen LogP contribution in [0.5, 0.6) is 0 Å².